The van der Waals surface area contributed by atoms with Gasteiger partial charge in [-0.05, 0) is 97.4 Å². The Balaban J connectivity index is 1.29. The minimum atomic E-state index is -0.145. The topological polar surface area (TPSA) is 3.24 Å². The zero-order chi connectivity index (χ0) is 33.7. The quantitative estimate of drug-likeness (QED) is 0.175. The van der Waals surface area contributed by atoms with Crippen LogP contribution in [0.4, 0.5) is 17.1 Å². The van der Waals surface area contributed by atoms with Crippen molar-refractivity contribution in [2.75, 3.05) is 4.90 Å². The lowest BCUT2D eigenvalue weighted by atomic mass is 9.79. The van der Waals surface area contributed by atoms with Gasteiger partial charge in [-0.2, -0.15) is 0 Å². The molecule has 1 aliphatic carbocycles. The zero-order valence-corrected chi connectivity index (χ0v) is 28.3. The molecule has 0 atom stereocenters. The van der Waals surface area contributed by atoms with E-state index in [-0.39, 0.29) is 5.41 Å². The van der Waals surface area contributed by atoms with E-state index < -0.39 is 0 Å². The molecule has 0 N–H and O–H groups in total. The second-order valence-corrected chi connectivity index (χ2v) is 13.8. The van der Waals surface area contributed by atoms with Crippen LogP contribution in [0.25, 0.3) is 55.3 Å². The summed E-state index contributed by atoms with van der Waals surface area (Å²) in [6, 6.07) is 68.5. The first-order valence-electron chi connectivity index (χ1n) is 17.4. The lowest BCUT2D eigenvalue weighted by Gasteiger charge is -2.30. The van der Waals surface area contributed by atoms with Gasteiger partial charge in [0.25, 0.3) is 0 Å². The molecule has 0 aromatic heterocycles. The summed E-state index contributed by atoms with van der Waals surface area (Å²) in [5.74, 6) is 0. The molecule has 9 rings (SSSR count). The highest BCUT2D eigenvalue weighted by atomic mass is 15.1. The van der Waals surface area contributed by atoms with E-state index in [1.165, 1.54) is 72.1 Å². The molecule has 1 heteroatoms. The maximum Gasteiger partial charge on any atom is 0.0546 e. The molecule has 238 valence electrons. The summed E-state index contributed by atoms with van der Waals surface area (Å²) in [5.41, 5.74) is 16.0. The Morgan fingerprint density at radius 2 is 0.860 bits per heavy atom. The van der Waals surface area contributed by atoms with Crippen molar-refractivity contribution in [3.8, 4) is 44.5 Å². The van der Waals surface area contributed by atoms with E-state index >= 15 is 0 Å². The minimum Gasteiger partial charge on any atom is -0.310 e. The Bertz CT molecular complexity index is 2480. The molecule has 0 bridgehead atoms. The predicted molar refractivity (Wildman–Crippen MR) is 213 cm³/mol. The Labute approximate surface area is 294 Å². The van der Waals surface area contributed by atoms with Crippen molar-refractivity contribution in [2.45, 2.75) is 19.3 Å². The number of hydrogen-bond donors (Lipinski definition) is 0. The van der Waals surface area contributed by atoms with Crippen molar-refractivity contribution in [2.24, 2.45) is 0 Å². The molecule has 0 saturated carbocycles. The molecular weight excluding hydrogens is 603 g/mol. The molecule has 0 spiro atoms. The number of benzene rings is 8. The molecule has 0 unspecified atom stereocenters. The van der Waals surface area contributed by atoms with Crippen LogP contribution in [0.15, 0.2) is 188 Å². The fraction of sp³-hybridized carbons (Fsp3) is 0.0612. The highest BCUT2D eigenvalue weighted by molar-refractivity contribution is 6.07. The van der Waals surface area contributed by atoms with Crippen molar-refractivity contribution >= 4 is 27.8 Å². The predicted octanol–water partition coefficient (Wildman–Crippen LogP) is 13.6. The van der Waals surface area contributed by atoms with Gasteiger partial charge in [-0.1, -0.05) is 166 Å². The van der Waals surface area contributed by atoms with Crippen molar-refractivity contribution in [3.05, 3.63) is 199 Å². The smallest absolute Gasteiger partial charge is 0.0546 e. The van der Waals surface area contributed by atoms with Gasteiger partial charge in [0, 0.05) is 22.2 Å². The van der Waals surface area contributed by atoms with Crippen molar-refractivity contribution in [1.29, 1.82) is 0 Å². The van der Waals surface area contributed by atoms with Crippen molar-refractivity contribution in [1.82, 2.24) is 0 Å². The lowest BCUT2D eigenvalue weighted by Crippen LogP contribution is -2.16. The maximum absolute atomic E-state index is 2.46. The van der Waals surface area contributed by atoms with E-state index in [1.54, 1.807) is 0 Å². The van der Waals surface area contributed by atoms with Crippen LogP contribution in [-0.4, -0.2) is 0 Å². The van der Waals surface area contributed by atoms with Crippen molar-refractivity contribution in [3.63, 3.8) is 0 Å². The van der Waals surface area contributed by atoms with Crippen LogP contribution in [-0.2, 0) is 5.41 Å². The zero-order valence-electron chi connectivity index (χ0n) is 28.3. The number of hydrogen-bond acceptors (Lipinski definition) is 1. The van der Waals surface area contributed by atoms with Crippen LogP contribution in [0.3, 0.4) is 0 Å². The first-order chi connectivity index (χ1) is 24.6. The monoisotopic (exact) mass is 639 g/mol. The van der Waals surface area contributed by atoms with E-state index in [1.807, 2.05) is 0 Å². The maximum atomic E-state index is 2.46. The summed E-state index contributed by atoms with van der Waals surface area (Å²) in [7, 11) is 0. The van der Waals surface area contributed by atoms with Crippen LogP contribution >= 0.6 is 0 Å². The third kappa shape index (κ3) is 5.02. The lowest BCUT2D eigenvalue weighted by molar-refractivity contribution is 0.666. The number of nitrogens with zero attached hydrogens (tertiary/aromatic N) is 1. The van der Waals surface area contributed by atoms with Gasteiger partial charge in [0.1, 0.15) is 0 Å². The summed E-state index contributed by atoms with van der Waals surface area (Å²) in [6.45, 7) is 4.77. The molecule has 0 heterocycles. The second kappa shape index (κ2) is 12.1. The average Bonchev–Trinajstić information content (AvgIpc) is 3.41. The van der Waals surface area contributed by atoms with Crippen LogP contribution in [0, 0.1) is 0 Å². The molecule has 1 aliphatic rings. The first-order valence-corrected chi connectivity index (χ1v) is 17.4. The molecule has 1 nitrogen and oxygen atoms in total. The highest BCUT2D eigenvalue weighted by Crippen LogP contribution is 2.55. The van der Waals surface area contributed by atoms with E-state index in [9.17, 15) is 0 Å². The van der Waals surface area contributed by atoms with E-state index in [0.29, 0.717) is 0 Å². The fourth-order valence-corrected chi connectivity index (χ4v) is 8.00. The Morgan fingerprint density at radius 1 is 0.360 bits per heavy atom. The van der Waals surface area contributed by atoms with Crippen LogP contribution < -0.4 is 4.90 Å². The molecule has 8 aromatic rings. The van der Waals surface area contributed by atoms with Crippen LogP contribution in [0.2, 0.25) is 0 Å². The summed E-state index contributed by atoms with van der Waals surface area (Å²) < 4.78 is 0. The van der Waals surface area contributed by atoms with E-state index in [4.69, 9.17) is 0 Å². The first kappa shape index (κ1) is 29.9. The summed E-state index contributed by atoms with van der Waals surface area (Å²) >= 11 is 0. The van der Waals surface area contributed by atoms with E-state index in [2.05, 4.69) is 207 Å². The van der Waals surface area contributed by atoms with Gasteiger partial charge in [0.15, 0.2) is 0 Å². The third-order valence-corrected chi connectivity index (χ3v) is 10.4. The van der Waals surface area contributed by atoms with Crippen LogP contribution in [0.5, 0.6) is 0 Å². The molecule has 0 saturated heterocycles. The number of fused-ring (bicyclic) bond motifs is 5. The summed E-state index contributed by atoms with van der Waals surface area (Å²) in [4.78, 5) is 2.45. The summed E-state index contributed by atoms with van der Waals surface area (Å²) in [5, 5.41) is 2.54. The van der Waals surface area contributed by atoms with Gasteiger partial charge in [-0.15, -0.1) is 0 Å². The molecule has 0 amide bonds. The Kier molecular flexibility index (Phi) is 7.21. The largest absolute Gasteiger partial charge is 0.310 e. The van der Waals surface area contributed by atoms with Crippen LogP contribution in [0.1, 0.15) is 25.0 Å². The highest BCUT2D eigenvalue weighted by Gasteiger charge is 2.38. The molecule has 0 fully saturated rings. The summed E-state index contributed by atoms with van der Waals surface area (Å²) in [6.07, 6.45) is 0. The fourth-order valence-electron chi connectivity index (χ4n) is 8.00. The number of rotatable bonds is 6. The van der Waals surface area contributed by atoms with Crippen molar-refractivity contribution < 1.29 is 0 Å². The normalized spacial score (nSPS) is 12.8. The Hall–Kier alpha value is -6.18. The third-order valence-electron chi connectivity index (χ3n) is 10.4. The van der Waals surface area contributed by atoms with Gasteiger partial charge in [-0.25, -0.2) is 0 Å². The van der Waals surface area contributed by atoms with Gasteiger partial charge in [0.2, 0.25) is 0 Å². The van der Waals surface area contributed by atoms with Gasteiger partial charge < -0.3 is 4.90 Å². The molecular formula is C49H37N. The SMILES string of the molecule is CC1(C)c2ccc(-c3ccccc3)cc2-c2cc(N(c3ccc(-c4ccccc4)cc3)c3cccc(-c4ccccc4)c3)c3ccccc3c21. The molecule has 0 radical (unpaired) electrons. The molecule has 0 aliphatic heterocycles. The second-order valence-electron chi connectivity index (χ2n) is 13.8. The molecule has 50 heavy (non-hydrogen) atoms. The standard InChI is InChI=1S/C49H37N/c1-49(2)46-30-27-39(36-19-10-5-11-20-36)32-44(46)45-33-47(42-23-12-13-24-43(42)48(45)49)50(40-28-25-37(26-29-40)34-15-6-3-7-16-34)41-22-14-21-38(31-41)35-17-8-4-9-18-35/h3-33H,1-2H3. The van der Waals surface area contributed by atoms with Gasteiger partial charge >= 0.3 is 0 Å². The number of anilines is 3. The van der Waals surface area contributed by atoms with Gasteiger partial charge in [-0.3, -0.25) is 0 Å². The van der Waals surface area contributed by atoms with E-state index in [0.717, 1.165) is 11.4 Å². The molecule has 8 aromatic carbocycles. The minimum absolute atomic E-state index is 0.145. The van der Waals surface area contributed by atoms with Gasteiger partial charge in [0.05, 0.1) is 5.69 Å². The average molecular weight is 640 g/mol. The Morgan fingerprint density at radius 3 is 1.50 bits per heavy atom.